The molecule has 1 aliphatic heterocycles. The Labute approximate surface area is 143 Å². The van der Waals surface area contributed by atoms with Gasteiger partial charge in [-0.15, -0.1) is 0 Å². The first kappa shape index (κ1) is 18.3. The first-order valence-electron chi connectivity index (χ1n) is 8.49. The van der Waals surface area contributed by atoms with Crippen LogP contribution in [0.3, 0.4) is 0 Å². The predicted octanol–water partition coefficient (Wildman–Crippen LogP) is 1.40. The number of nitrogens with two attached hydrogens (primary N) is 1. The number of primary amides is 1. The van der Waals surface area contributed by atoms with Gasteiger partial charge in [-0.2, -0.15) is 0 Å². The summed E-state index contributed by atoms with van der Waals surface area (Å²) >= 11 is 0. The zero-order chi connectivity index (χ0) is 17.5. The largest absolute Gasteiger partial charge is 0.484 e. The highest BCUT2D eigenvalue weighted by atomic mass is 16.5. The molecular formula is C18H27N3O3. The van der Waals surface area contributed by atoms with E-state index in [2.05, 4.69) is 24.1 Å². The number of nitrogens with zero attached hydrogens (tertiary/aromatic N) is 1. The molecule has 0 aromatic heterocycles. The summed E-state index contributed by atoms with van der Waals surface area (Å²) in [7, 11) is 0. The molecule has 1 aliphatic rings. The van der Waals surface area contributed by atoms with E-state index in [1.807, 2.05) is 0 Å². The smallest absolute Gasteiger partial charge is 0.257 e. The van der Waals surface area contributed by atoms with Gasteiger partial charge in [-0.3, -0.25) is 14.5 Å². The molecule has 24 heavy (non-hydrogen) atoms. The highest BCUT2D eigenvalue weighted by Crippen LogP contribution is 2.17. The van der Waals surface area contributed by atoms with Crippen molar-refractivity contribution < 1.29 is 14.3 Å². The summed E-state index contributed by atoms with van der Waals surface area (Å²) in [6, 6.07) is 6.75. The molecule has 1 saturated heterocycles. The first-order chi connectivity index (χ1) is 11.5. The van der Waals surface area contributed by atoms with E-state index in [1.165, 1.54) is 12.8 Å². The fourth-order valence-electron chi connectivity index (χ4n) is 2.78. The van der Waals surface area contributed by atoms with Crippen molar-refractivity contribution in [1.82, 2.24) is 10.2 Å². The van der Waals surface area contributed by atoms with Gasteiger partial charge in [0.15, 0.2) is 6.61 Å². The molecule has 0 aliphatic carbocycles. The number of likely N-dealkylation sites (tertiary alicyclic amines) is 1. The van der Waals surface area contributed by atoms with Crippen LogP contribution in [0.5, 0.6) is 5.75 Å². The third-order valence-corrected chi connectivity index (χ3v) is 4.54. The Balaban J connectivity index is 1.68. The van der Waals surface area contributed by atoms with Gasteiger partial charge in [0.05, 0.1) is 0 Å². The summed E-state index contributed by atoms with van der Waals surface area (Å²) in [6.07, 6.45) is 2.45. The van der Waals surface area contributed by atoms with Crippen LogP contribution in [0.25, 0.3) is 0 Å². The number of hydrogen-bond donors (Lipinski definition) is 2. The van der Waals surface area contributed by atoms with Crippen molar-refractivity contribution in [2.24, 2.45) is 11.7 Å². The minimum atomic E-state index is -0.486. The SMILES string of the molecule is CC1CCN([C@@H](C)CNC(=O)COc2ccc(C(N)=O)cc2)CC1. The van der Waals surface area contributed by atoms with Crippen LogP contribution in [0.2, 0.25) is 0 Å². The minimum Gasteiger partial charge on any atom is -0.484 e. The van der Waals surface area contributed by atoms with Gasteiger partial charge in [0, 0.05) is 18.2 Å². The molecule has 2 amide bonds. The second kappa shape index (κ2) is 8.68. The predicted molar refractivity (Wildman–Crippen MR) is 92.9 cm³/mol. The van der Waals surface area contributed by atoms with E-state index in [4.69, 9.17) is 10.5 Å². The number of ether oxygens (including phenoxy) is 1. The quantitative estimate of drug-likeness (QED) is 0.790. The van der Waals surface area contributed by atoms with E-state index in [9.17, 15) is 9.59 Å². The molecule has 6 nitrogen and oxygen atoms in total. The van der Waals surface area contributed by atoms with Crippen molar-refractivity contribution in [3.8, 4) is 5.75 Å². The molecule has 0 spiro atoms. The molecule has 0 bridgehead atoms. The molecule has 0 unspecified atom stereocenters. The van der Waals surface area contributed by atoms with Crippen LogP contribution in [0.4, 0.5) is 0 Å². The summed E-state index contributed by atoms with van der Waals surface area (Å²) in [6.45, 7) is 7.20. The zero-order valence-electron chi connectivity index (χ0n) is 14.5. The van der Waals surface area contributed by atoms with Crippen LogP contribution < -0.4 is 15.8 Å². The van der Waals surface area contributed by atoms with E-state index >= 15 is 0 Å². The lowest BCUT2D eigenvalue weighted by molar-refractivity contribution is -0.123. The van der Waals surface area contributed by atoms with Gasteiger partial charge in [0.2, 0.25) is 5.91 Å². The summed E-state index contributed by atoms with van der Waals surface area (Å²) in [5, 5.41) is 2.91. The Morgan fingerprint density at radius 3 is 2.50 bits per heavy atom. The molecule has 2 rings (SSSR count). The monoisotopic (exact) mass is 333 g/mol. The van der Waals surface area contributed by atoms with Crippen molar-refractivity contribution in [3.63, 3.8) is 0 Å². The molecule has 0 radical (unpaired) electrons. The average molecular weight is 333 g/mol. The molecule has 1 heterocycles. The number of nitrogens with one attached hydrogen (secondary N) is 1. The molecule has 0 saturated carbocycles. The van der Waals surface area contributed by atoms with Crippen LogP contribution in [0, 0.1) is 5.92 Å². The third kappa shape index (κ3) is 5.53. The van der Waals surface area contributed by atoms with Crippen LogP contribution in [0.15, 0.2) is 24.3 Å². The van der Waals surface area contributed by atoms with Crippen molar-refractivity contribution in [2.75, 3.05) is 26.2 Å². The second-order valence-electron chi connectivity index (χ2n) is 6.55. The molecule has 1 atom stereocenters. The Morgan fingerprint density at radius 1 is 1.29 bits per heavy atom. The summed E-state index contributed by atoms with van der Waals surface area (Å²) in [4.78, 5) is 25.3. The Kier molecular flexibility index (Phi) is 6.61. The minimum absolute atomic E-state index is 0.0420. The third-order valence-electron chi connectivity index (χ3n) is 4.54. The molecular weight excluding hydrogens is 306 g/mol. The van der Waals surface area contributed by atoms with E-state index in [-0.39, 0.29) is 12.5 Å². The fourth-order valence-corrected chi connectivity index (χ4v) is 2.78. The van der Waals surface area contributed by atoms with Crippen LogP contribution in [0.1, 0.15) is 37.0 Å². The van der Waals surface area contributed by atoms with E-state index < -0.39 is 5.91 Å². The molecule has 1 aromatic rings. The lowest BCUT2D eigenvalue weighted by Crippen LogP contribution is -2.46. The Bertz CT molecular complexity index is 551. The van der Waals surface area contributed by atoms with Gasteiger partial charge in [-0.05, 0) is 63.0 Å². The van der Waals surface area contributed by atoms with Crippen molar-refractivity contribution in [3.05, 3.63) is 29.8 Å². The number of amides is 2. The maximum atomic E-state index is 11.9. The Morgan fingerprint density at radius 2 is 1.92 bits per heavy atom. The first-order valence-corrected chi connectivity index (χ1v) is 8.49. The molecule has 132 valence electrons. The highest BCUT2D eigenvalue weighted by Gasteiger charge is 2.20. The lowest BCUT2D eigenvalue weighted by Gasteiger charge is -2.34. The number of piperidine rings is 1. The number of carbonyl (C=O) groups excluding carboxylic acids is 2. The topological polar surface area (TPSA) is 84.7 Å². The Hall–Kier alpha value is -2.08. The number of benzene rings is 1. The van der Waals surface area contributed by atoms with Crippen molar-refractivity contribution in [2.45, 2.75) is 32.7 Å². The zero-order valence-corrected chi connectivity index (χ0v) is 14.5. The molecule has 6 heteroatoms. The molecule has 1 aromatic carbocycles. The number of rotatable bonds is 7. The van der Waals surface area contributed by atoms with Crippen molar-refractivity contribution in [1.29, 1.82) is 0 Å². The van der Waals surface area contributed by atoms with E-state index in [0.717, 1.165) is 19.0 Å². The van der Waals surface area contributed by atoms with Gasteiger partial charge in [0.25, 0.3) is 5.91 Å². The maximum Gasteiger partial charge on any atom is 0.257 e. The van der Waals surface area contributed by atoms with Crippen molar-refractivity contribution >= 4 is 11.8 Å². The fraction of sp³-hybridized carbons (Fsp3) is 0.556. The van der Waals surface area contributed by atoms with Crippen LogP contribution in [-0.2, 0) is 4.79 Å². The van der Waals surface area contributed by atoms with Crippen LogP contribution in [-0.4, -0.2) is 49.0 Å². The summed E-state index contributed by atoms with van der Waals surface area (Å²) < 4.78 is 5.42. The molecule has 3 N–H and O–H groups in total. The number of hydrogen-bond acceptors (Lipinski definition) is 4. The van der Waals surface area contributed by atoms with Gasteiger partial charge < -0.3 is 15.8 Å². The highest BCUT2D eigenvalue weighted by molar-refractivity contribution is 5.92. The normalized spacial score (nSPS) is 17.2. The van der Waals surface area contributed by atoms with E-state index in [0.29, 0.717) is 23.9 Å². The second-order valence-corrected chi connectivity index (χ2v) is 6.55. The van der Waals surface area contributed by atoms with Gasteiger partial charge in [-0.1, -0.05) is 6.92 Å². The summed E-state index contributed by atoms with van der Waals surface area (Å²) in [5.41, 5.74) is 5.59. The average Bonchev–Trinajstić information content (AvgIpc) is 2.58. The number of carbonyl (C=O) groups is 2. The molecule has 1 fully saturated rings. The van der Waals surface area contributed by atoms with Gasteiger partial charge in [0.1, 0.15) is 5.75 Å². The lowest BCUT2D eigenvalue weighted by atomic mass is 9.98. The summed E-state index contributed by atoms with van der Waals surface area (Å²) in [5.74, 6) is 0.706. The maximum absolute atomic E-state index is 11.9. The van der Waals surface area contributed by atoms with Gasteiger partial charge in [-0.25, -0.2) is 0 Å². The van der Waals surface area contributed by atoms with Gasteiger partial charge >= 0.3 is 0 Å². The van der Waals surface area contributed by atoms with E-state index in [1.54, 1.807) is 24.3 Å². The standard InChI is InChI=1S/C18H27N3O3/c1-13-7-9-21(10-8-13)14(2)11-20-17(22)12-24-16-5-3-15(4-6-16)18(19)23/h3-6,13-14H,7-12H2,1-2H3,(H2,19,23)(H,20,22)/t14-/m0/s1. The van der Waals surface area contributed by atoms with Crippen LogP contribution >= 0.6 is 0 Å².